The van der Waals surface area contributed by atoms with E-state index in [2.05, 4.69) is 16.3 Å². The van der Waals surface area contributed by atoms with Crippen molar-refractivity contribution in [3.05, 3.63) is 45.8 Å². The number of anilines is 1. The number of hydrogen-bond acceptors (Lipinski definition) is 5. The van der Waals surface area contributed by atoms with Crippen molar-refractivity contribution in [2.45, 2.75) is 43.0 Å². The molecule has 1 aromatic carbocycles. The third-order valence-corrected chi connectivity index (χ3v) is 7.56. The van der Waals surface area contributed by atoms with Crippen molar-refractivity contribution in [2.75, 3.05) is 18.4 Å². The number of hydrogen-bond donors (Lipinski definition) is 2. The van der Waals surface area contributed by atoms with E-state index in [1.54, 1.807) is 12.1 Å². The molecule has 1 fully saturated rings. The second-order valence-electron chi connectivity index (χ2n) is 8.05. The summed E-state index contributed by atoms with van der Waals surface area (Å²) < 4.78 is 46.3. The maximum atomic E-state index is 13.1. The smallest absolute Gasteiger partial charge is 0.248 e. The molecule has 164 valence electrons. The van der Waals surface area contributed by atoms with Gasteiger partial charge in [0.1, 0.15) is 11.1 Å². The lowest BCUT2D eigenvalue weighted by atomic mass is 9.81. The van der Waals surface area contributed by atoms with Crippen LogP contribution >= 0.6 is 11.3 Å². The summed E-state index contributed by atoms with van der Waals surface area (Å²) in [7, 11) is 0. The Hall–Kier alpha value is -2.19. The summed E-state index contributed by atoms with van der Waals surface area (Å²) in [5.74, 6) is -2.81. The lowest BCUT2D eigenvalue weighted by molar-refractivity contribution is -0.117. The van der Waals surface area contributed by atoms with Gasteiger partial charge in [0.2, 0.25) is 11.8 Å². The van der Waals surface area contributed by atoms with Crippen molar-refractivity contribution in [2.24, 2.45) is 5.92 Å². The predicted molar refractivity (Wildman–Crippen MR) is 113 cm³/mol. The largest absolute Gasteiger partial charge is 0.316 e. The van der Waals surface area contributed by atoms with Crippen LogP contribution in [0.5, 0.6) is 0 Å². The Labute approximate surface area is 185 Å². The maximum Gasteiger partial charge on any atom is 0.248 e. The summed E-state index contributed by atoms with van der Waals surface area (Å²) in [5, 5.41) is 13.0. The molecule has 1 atom stereocenters. The number of thiophene rings is 1. The van der Waals surface area contributed by atoms with Crippen LogP contribution in [0, 0.1) is 17.2 Å². The molecule has 31 heavy (non-hydrogen) atoms. The number of halogens is 2. The van der Waals surface area contributed by atoms with E-state index < -0.39 is 17.0 Å². The van der Waals surface area contributed by atoms with Crippen LogP contribution in [0.25, 0.3) is 0 Å². The normalized spacial score (nSPS) is 19.2. The van der Waals surface area contributed by atoms with Gasteiger partial charge in [-0.05, 0) is 30.0 Å². The van der Waals surface area contributed by atoms with Gasteiger partial charge in [-0.1, -0.05) is 12.1 Å². The maximum absolute atomic E-state index is 13.1. The van der Waals surface area contributed by atoms with E-state index in [0.29, 0.717) is 29.2 Å². The molecule has 6 nitrogen and oxygen atoms in total. The molecule has 1 unspecified atom stereocenters. The van der Waals surface area contributed by atoms with E-state index in [4.69, 9.17) is 4.55 Å². The minimum atomic E-state index is -2.53. The number of nitrogens with zero attached hydrogens (tertiary/aromatic N) is 2. The molecular weight excluding hydrogens is 444 g/mol. The molecule has 4 rings (SSSR count). The number of alkyl halides is 2. The fourth-order valence-electron chi connectivity index (χ4n) is 4.16. The Balaban J connectivity index is 1.40. The van der Waals surface area contributed by atoms with Gasteiger partial charge in [-0.15, -0.1) is 11.3 Å². The van der Waals surface area contributed by atoms with Crippen LogP contribution in [-0.4, -0.2) is 38.6 Å². The highest BCUT2D eigenvalue weighted by molar-refractivity contribution is 7.79. The molecule has 10 heteroatoms. The number of nitrogens with one attached hydrogen (secondary N) is 1. The van der Waals surface area contributed by atoms with Gasteiger partial charge in [0.05, 0.1) is 16.9 Å². The summed E-state index contributed by atoms with van der Waals surface area (Å²) in [5.41, 5.74) is 2.02. The molecule has 2 N–H and O–H groups in total. The average Bonchev–Trinajstić information content (AvgIpc) is 3.03. The van der Waals surface area contributed by atoms with Crippen LogP contribution in [0.2, 0.25) is 0 Å². The molecule has 1 aliphatic carbocycles. The highest BCUT2D eigenvalue weighted by Gasteiger charge is 2.45. The zero-order chi connectivity index (χ0) is 22.2. The molecule has 2 aromatic rings. The quantitative estimate of drug-likeness (QED) is 0.634. The van der Waals surface area contributed by atoms with Gasteiger partial charge < -0.3 is 9.87 Å². The Bertz CT molecular complexity index is 1060. The van der Waals surface area contributed by atoms with Gasteiger partial charge >= 0.3 is 0 Å². The first kappa shape index (κ1) is 22.0. The Morgan fingerprint density at radius 2 is 2.06 bits per heavy atom. The van der Waals surface area contributed by atoms with Crippen molar-refractivity contribution in [3.63, 3.8) is 0 Å². The molecule has 0 saturated heterocycles. The SMILES string of the molecule is N#Cc1c(NC(=O)Cc2ccc(S(=O)O)cc2)sc2c1CN(CC1CC(F)(F)C1)CC2. The molecule has 1 aliphatic heterocycles. The van der Waals surface area contributed by atoms with Crippen molar-refractivity contribution < 1.29 is 22.3 Å². The predicted octanol–water partition coefficient (Wildman–Crippen LogP) is 3.78. The van der Waals surface area contributed by atoms with Gasteiger partial charge in [-0.25, -0.2) is 13.0 Å². The van der Waals surface area contributed by atoms with E-state index >= 15 is 0 Å². The van der Waals surface area contributed by atoms with Gasteiger partial charge in [0.15, 0.2) is 11.1 Å². The standard InChI is InChI=1S/C21H21F2N3O3S2/c22-21(23)8-14(9-21)11-26-6-5-18-17(12-26)16(10-24)20(30-18)25-19(27)7-13-1-3-15(4-2-13)31(28)29/h1-4,14H,5-9,11-12H2,(H,25,27)(H,28,29). The molecule has 0 radical (unpaired) electrons. The van der Waals surface area contributed by atoms with E-state index in [9.17, 15) is 23.0 Å². The lowest BCUT2D eigenvalue weighted by Crippen LogP contribution is -2.43. The minimum Gasteiger partial charge on any atom is -0.316 e. The van der Waals surface area contributed by atoms with Gasteiger partial charge in [-0.2, -0.15) is 5.26 Å². The second-order valence-corrected chi connectivity index (χ2v) is 10.1. The Kier molecular flexibility index (Phi) is 6.21. The number of amides is 1. The number of carbonyl (C=O) groups is 1. The summed E-state index contributed by atoms with van der Waals surface area (Å²) in [6.07, 6.45) is 0.671. The van der Waals surface area contributed by atoms with Crippen LogP contribution in [0.3, 0.4) is 0 Å². The monoisotopic (exact) mass is 465 g/mol. The molecular formula is C21H21F2N3O3S2. The molecule has 2 heterocycles. The first-order valence-electron chi connectivity index (χ1n) is 9.88. The van der Waals surface area contributed by atoms with Crippen molar-refractivity contribution in [1.82, 2.24) is 4.90 Å². The first-order valence-corrected chi connectivity index (χ1v) is 11.8. The van der Waals surface area contributed by atoms with Gasteiger partial charge in [-0.3, -0.25) is 9.69 Å². The lowest BCUT2D eigenvalue weighted by Gasteiger charge is -2.39. The Morgan fingerprint density at radius 1 is 1.35 bits per heavy atom. The third-order valence-electron chi connectivity index (χ3n) is 5.67. The zero-order valence-electron chi connectivity index (χ0n) is 16.6. The zero-order valence-corrected chi connectivity index (χ0v) is 18.2. The van der Waals surface area contributed by atoms with E-state index in [0.717, 1.165) is 23.4 Å². The molecule has 1 amide bonds. The number of carbonyl (C=O) groups excluding carboxylic acids is 1. The number of benzene rings is 1. The number of rotatable bonds is 6. The average molecular weight is 466 g/mol. The van der Waals surface area contributed by atoms with Crippen LogP contribution in [-0.2, 0) is 35.3 Å². The van der Waals surface area contributed by atoms with Crippen LogP contribution in [0.15, 0.2) is 29.2 Å². The molecule has 2 aliphatic rings. The third kappa shape index (κ3) is 5.01. The topological polar surface area (TPSA) is 93.4 Å². The van der Waals surface area contributed by atoms with E-state index in [1.807, 2.05) is 0 Å². The molecule has 0 bridgehead atoms. The van der Waals surface area contributed by atoms with Gasteiger partial charge in [0.25, 0.3) is 0 Å². The van der Waals surface area contributed by atoms with Gasteiger partial charge in [0, 0.05) is 42.9 Å². The minimum absolute atomic E-state index is 0.00505. The summed E-state index contributed by atoms with van der Waals surface area (Å²) in [4.78, 5) is 15.9. The highest BCUT2D eigenvalue weighted by atomic mass is 32.2. The second kappa shape index (κ2) is 8.74. The van der Waals surface area contributed by atoms with Crippen molar-refractivity contribution in [3.8, 4) is 6.07 Å². The summed E-state index contributed by atoms with van der Waals surface area (Å²) in [6.45, 7) is 1.89. The molecule has 1 saturated carbocycles. The van der Waals surface area contributed by atoms with Crippen LogP contribution in [0.1, 0.15) is 34.4 Å². The van der Waals surface area contributed by atoms with Crippen molar-refractivity contribution in [1.29, 1.82) is 5.26 Å². The van der Waals surface area contributed by atoms with Crippen LogP contribution < -0.4 is 5.32 Å². The summed E-state index contributed by atoms with van der Waals surface area (Å²) in [6, 6.07) is 8.43. The molecule has 0 spiro atoms. The fraction of sp³-hybridized carbons (Fsp3) is 0.429. The fourth-order valence-corrected chi connectivity index (χ4v) is 5.70. The number of nitriles is 1. The van der Waals surface area contributed by atoms with E-state index in [-0.39, 0.29) is 36.0 Å². The van der Waals surface area contributed by atoms with Crippen molar-refractivity contribution >= 4 is 33.3 Å². The Morgan fingerprint density at radius 3 is 2.68 bits per heavy atom. The van der Waals surface area contributed by atoms with Crippen LogP contribution in [0.4, 0.5) is 13.8 Å². The first-order chi connectivity index (χ1) is 14.7. The summed E-state index contributed by atoms with van der Waals surface area (Å²) >= 11 is -0.668. The highest BCUT2D eigenvalue weighted by Crippen LogP contribution is 2.43. The van der Waals surface area contributed by atoms with E-state index in [1.165, 1.54) is 23.5 Å². The number of fused-ring (bicyclic) bond motifs is 1. The molecule has 1 aromatic heterocycles.